The highest BCUT2D eigenvalue weighted by Gasteiger charge is 2.25. The topological polar surface area (TPSA) is 85.1 Å². The van der Waals surface area contributed by atoms with Crippen molar-refractivity contribution in [1.29, 1.82) is 0 Å². The van der Waals surface area contributed by atoms with Gasteiger partial charge < -0.3 is 5.73 Å². The second-order valence-corrected chi connectivity index (χ2v) is 7.39. The molecule has 0 radical (unpaired) electrons. The molecular formula is C15H16FN3O2S2. The number of hydrogen-bond donors (Lipinski definition) is 2. The van der Waals surface area contributed by atoms with Gasteiger partial charge >= 0.3 is 6.03 Å². The lowest BCUT2D eigenvalue weighted by molar-refractivity contribution is -0.120. The summed E-state index contributed by atoms with van der Waals surface area (Å²) in [4.78, 5) is 27.3. The van der Waals surface area contributed by atoms with Crippen LogP contribution < -0.4 is 11.1 Å². The van der Waals surface area contributed by atoms with Gasteiger partial charge in [0, 0.05) is 10.9 Å². The molecule has 0 aliphatic carbocycles. The highest BCUT2D eigenvalue weighted by Crippen LogP contribution is 2.33. The fourth-order valence-electron chi connectivity index (χ4n) is 1.86. The van der Waals surface area contributed by atoms with Crippen LogP contribution in [0.25, 0.3) is 11.3 Å². The Morgan fingerprint density at radius 3 is 2.52 bits per heavy atom. The molecular weight excluding hydrogens is 337 g/mol. The second kappa shape index (κ2) is 7.56. The molecule has 8 heteroatoms. The van der Waals surface area contributed by atoms with Gasteiger partial charge in [0.1, 0.15) is 5.82 Å². The number of carbonyl (C=O) groups excluding carboxylic acids is 2. The van der Waals surface area contributed by atoms with E-state index in [1.165, 1.54) is 35.2 Å². The summed E-state index contributed by atoms with van der Waals surface area (Å²) in [5.74, 6) is -0.741. The maximum absolute atomic E-state index is 13.0. The third-order valence-electron chi connectivity index (χ3n) is 2.96. The van der Waals surface area contributed by atoms with E-state index in [9.17, 15) is 14.0 Å². The molecule has 0 bridgehead atoms. The Kier molecular flexibility index (Phi) is 5.73. The molecule has 3 N–H and O–H groups in total. The number of benzene rings is 1. The second-order valence-electron chi connectivity index (χ2n) is 5.14. The summed E-state index contributed by atoms with van der Waals surface area (Å²) in [6.07, 6.45) is 0. The number of primary amides is 1. The summed E-state index contributed by atoms with van der Waals surface area (Å²) in [6, 6.07) is 5.18. The molecule has 1 aromatic carbocycles. The van der Waals surface area contributed by atoms with Crippen LogP contribution >= 0.6 is 23.1 Å². The van der Waals surface area contributed by atoms with Crippen molar-refractivity contribution in [2.45, 2.75) is 23.4 Å². The van der Waals surface area contributed by atoms with Crippen molar-refractivity contribution in [2.24, 2.45) is 11.7 Å². The number of amides is 3. The Morgan fingerprint density at radius 2 is 1.96 bits per heavy atom. The molecule has 2 aromatic rings. The van der Waals surface area contributed by atoms with Gasteiger partial charge in [-0.05, 0) is 30.2 Å². The molecule has 0 fully saturated rings. The Hall–Kier alpha value is -1.93. The van der Waals surface area contributed by atoms with Crippen LogP contribution in [0.4, 0.5) is 9.18 Å². The molecule has 0 saturated carbocycles. The van der Waals surface area contributed by atoms with Crippen molar-refractivity contribution in [3.63, 3.8) is 0 Å². The van der Waals surface area contributed by atoms with E-state index in [0.717, 1.165) is 11.3 Å². The zero-order valence-corrected chi connectivity index (χ0v) is 14.2. The number of thioether (sulfide) groups is 1. The summed E-state index contributed by atoms with van der Waals surface area (Å²) >= 11 is 2.67. The van der Waals surface area contributed by atoms with Gasteiger partial charge in [-0.2, -0.15) is 0 Å². The summed E-state index contributed by atoms with van der Waals surface area (Å²) < 4.78 is 13.7. The molecule has 122 valence electrons. The van der Waals surface area contributed by atoms with Crippen molar-refractivity contribution in [3.8, 4) is 11.3 Å². The number of aromatic nitrogens is 1. The van der Waals surface area contributed by atoms with Crippen LogP contribution in [-0.2, 0) is 4.79 Å². The number of nitrogens with one attached hydrogen (secondary N) is 1. The number of hydrogen-bond acceptors (Lipinski definition) is 5. The van der Waals surface area contributed by atoms with Gasteiger partial charge in [-0.15, -0.1) is 11.3 Å². The highest BCUT2D eigenvalue weighted by atomic mass is 32.2. The van der Waals surface area contributed by atoms with Gasteiger partial charge in [-0.3, -0.25) is 10.1 Å². The normalized spacial score (nSPS) is 12.2. The van der Waals surface area contributed by atoms with Crippen LogP contribution in [0.2, 0.25) is 0 Å². The van der Waals surface area contributed by atoms with E-state index < -0.39 is 17.2 Å². The predicted molar refractivity (Wildman–Crippen MR) is 89.7 cm³/mol. The molecule has 0 spiro atoms. The van der Waals surface area contributed by atoms with E-state index in [2.05, 4.69) is 10.3 Å². The summed E-state index contributed by atoms with van der Waals surface area (Å²) in [5.41, 5.74) is 6.51. The minimum atomic E-state index is -0.868. The quantitative estimate of drug-likeness (QED) is 0.808. The Bertz CT molecular complexity index is 701. The van der Waals surface area contributed by atoms with E-state index >= 15 is 0 Å². The molecule has 5 nitrogen and oxygen atoms in total. The number of urea groups is 1. The van der Waals surface area contributed by atoms with Crippen LogP contribution in [0.15, 0.2) is 34.0 Å². The maximum Gasteiger partial charge on any atom is 0.318 e. The monoisotopic (exact) mass is 353 g/mol. The van der Waals surface area contributed by atoms with Gasteiger partial charge in [0.15, 0.2) is 4.34 Å². The lowest BCUT2D eigenvalue weighted by Crippen LogP contribution is -2.42. The number of nitrogens with zero attached hydrogens (tertiary/aromatic N) is 1. The lowest BCUT2D eigenvalue weighted by Gasteiger charge is -2.17. The third kappa shape index (κ3) is 4.77. The van der Waals surface area contributed by atoms with Crippen molar-refractivity contribution >= 4 is 35.0 Å². The zero-order chi connectivity index (χ0) is 17.0. The average molecular weight is 353 g/mol. The molecule has 0 aliphatic rings. The van der Waals surface area contributed by atoms with Crippen molar-refractivity contribution in [2.75, 3.05) is 0 Å². The van der Waals surface area contributed by atoms with Gasteiger partial charge in [-0.25, -0.2) is 14.2 Å². The van der Waals surface area contributed by atoms with Gasteiger partial charge in [0.2, 0.25) is 5.91 Å². The number of nitrogens with two attached hydrogens (primary N) is 1. The number of carbonyl (C=O) groups is 2. The Balaban J connectivity index is 2.14. The first kappa shape index (κ1) is 17.4. The summed E-state index contributed by atoms with van der Waals surface area (Å²) in [6.45, 7) is 3.76. The minimum Gasteiger partial charge on any atom is -0.351 e. The molecule has 1 heterocycles. The number of halogens is 1. The molecule has 1 unspecified atom stereocenters. The number of imide groups is 1. The largest absolute Gasteiger partial charge is 0.351 e. The van der Waals surface area contributed by atoms with Crippen LogP contribution in [0.3, 0.4) is 0 Å². The predicted octanol–water partition coefficient (Wildman–Crippen LogP) is 3.26. The van der Waals surface area contributed by atoms with E-state index in [-0.39, 0.29) is 11.7 Å². The highest BCUT2D eigenvalue weighted by molar-refractivity contribution is 8.02. The summed E-state index contributed by atoms with van der Waals surface area (Å²) in [7, 11) is 0. The molecule has 0 aliphatic heterocycles. The molecule has 2 rings (SSSR count). The van der Waals surface area contributed by atoms with E-state index in [1.54, 1.807) is 12.1 Å². The van der Waals surface area contributed by atoms with E-state index in [4.69, 9.17) is 5.73 Å². The first-order valence-corrected chi connectivity index (χ1v) is 8.61. The van der Waals surface area contributed by atoms with Crippen molar-refractivity contribution in [1.82, 2.24) is 10.3 Å². The van der Waals surface area contributed by atoms with Gasteiger partial charge in [0.25, 0.3) is 0 Å². The molecule has 0 saturated heterocycles. The smallest absolute Gasteiger partial charge is 0.318 e. The first-order valence-electron chi connectivity index (χ1n) is 6.85. The van der Waals surface area contributed by atoms with Crippen LogP contribution in [0.5, 0.6) is 0 Å². The molecule has 23 heavy (non-hydrogen) atoms. The zero-order valence-electron chi connectivity index (χ0n) is 12.6. The molecule has 1 aromatic heterocycles. The first-order chi connectivity index (χ1) is 10.9. The van der Waals surface area contributed by atoms with Crippen LogP contribution in [-0.4, -0.2) is 22.2 Å². The van der Waals surface area contributed by atoms with Crippen LogP contribution in [0.1, 0.15) is 13.8 Å². The third-order valence-corrected chi connectivity index (χ3v) is 5.48. The Morgan fingerprint density at radius 1 is 1.30 bits per heavy atom. The molecule has 1 atom stereocenters. The summed E-state index contributed by atoms with van der Waals surface area (Å²) in [5, 5.41) is 3.47. The number of rotatable bonds is 5. The standard InChI is InChI=1S/C15H16FN3O2S2/c1-8(2)12(13(20)19-14(17)21)23-15-18-11(7-22-15)9-3-5-10(16)6-4-9/h3-8,12H,1-2H3,(H3,17,19,20,21). The lowest BCUT2D eigenvalue weighted by atomic mass is 10.1. The molecule has 3 amide bonds. The fraction of sp³-hybridized carbons (Fsp3) is 0.267. The van der Waals surface area contributed by atoms with Crippen LogP contribution in [0, 0.1) is 11.7 Å². The van der Waals surface area contributed by atoms with Gasteiger partial charge in [-0.1, -0.05) is 25.6 Å². The average Bonchev–Trinajstić information content (AvgIpc) is 2.93. The SMILES string of the molecule is CC(C)C(Sc1nc(-c2ccc(F)cc2)cs1)C(=O)NC(N)=O. The van der Waals surface area contributed by atoms with E-state index in [1.807, 2.05) is 19.2 Å². The minimum absolute atomic E-state index is 0.00230. The van der Waals surface area contributed by atoms with Crippen molar-refractivity contribution in [3.05, 3.63) is 35.5 Å². The number of thiazole rings is 1. The van der Waals surface area contributed by atoms with Crippen molar-refractivity contribution < 1.29 is 14.0 Å². The fourth-order valence-corrected chi connectivity index (χ4v) is 3.89. The Labute approximate surface area is 141 Å². The van der Waals surface area contributed by atoms with Gasteiger partial charge in [0.05, 0.1) is 10.9 Å². The maximum atomic E-state index is 13.0. The van der Waals surface area contributed by atoms with E-state index in [0.29, 0.717) is 4.34 Å².